The van der Waals surface area contributed by atoms with E-state index in [1.807, 2.05) is 6.20 Å². The monoisotopic (exact) mass is 281 g/mol. The summed E-state index contributed by atoms with van der Waals surface area (Å²) in [5.74, 6) is 1.19. The van der Waals surface area contributed by atoms with Crippen LogP contribution in [0.1, 0.15) is 59.2 Å². The number of hydrogen-bond acceptors (Lipinski definition) is 3. The summed E-state index contributed by atoms with van der Waals surface area (Å²) in [5.41, 5.74) is -0.157. The molecule has 0 fully saturated rings. The summed E-state index contributed by atoms with van der Waals surface area (Å²) in [4.78, 5) is 4.40. The van der Waals surface area contributed by atoms with E-state index in [-0.39, 0.29) is 12.1 Å². The van der Waals surface area contributed by atoms with Crippen molar-refractivity contribution < 1.29 is 5.11 Å². The molecule has 1 heterocycles. The minimum Gasteiger partial charge on any atom is -0.394 e. The Morgan fingerprint density at radius 2 is 2.15 bits per heavy atom. The second-order valence-corrected chi connectivity index (χ2v) is 6.26. The molecule has 0 saturated heterocycles. The van der Waals surface area contributed by atoms with Gasteiger partial charge in [-0.15, -0.1) is 0 Å². The van der Waals surface area contributed by atoms with Crippen LogP contribution < -0.4 is 5.32 Å². The molecule has 1 unspecified atom stereocenters. The minimum atomic E-state index is -0.157. The van der Waals surface area contributed by atoms with Crippen molar-refractivity contribution >= 4 is 0 Å². The van der Waals surface area contributed by atoms with E-state index in [2.05, 4.69) is 48.8 Å². The van der Waals surface area contributed by atoms with Gasteiger partial charge in [0.25, 0.3) is 0 Å². The van der Waals surface area contributed by atoms with E-state index in [0.29, 0.717) is 6.04 Å². The van der Waals surface area contributed by atoms with Crippen LogP contribution in [0, 0.1) is 0 Å². The average molecular weight is 281 g/mol. The first-order chi connectivity index (χ1) is 9.50. The highest BCUT2D eigenvalue weighted by molar-refractivity contribution is 4.92. The lowest BCUT2D eigenvalue weighted by Crippen LogP contribution is -2.49. The molecule has 20 heavy (non-hydrogen) atoms. The van der Waals surface area contributed by atoms with E-state index in [1.165, 1.54) is 5.82 Å². The van der Waals surface area contributed by atoms with Gasteiger partial charge in [-0.3, -0.25) is 0 Å². The molecule has 4 nitrogen and oxygen atoms in total. The highest BCUT2D eigenvalue weighted by Gasteiger charge is 2.22. The van der Waals surface area contributed by atoms with E-state index in [1.54, 1.807) is 0 Å². The quantitative estimate of drug-likeness (QED) is 0.648. The number of imidazole rings is 1. The third kappa shape index (κ3) is 5.63. The van der Waals surface area contributed by atoms with Gasteiger partial charge in [0.05, 0.1) is 6.61 Å². The lowest BCUT2D eigenvalue weighted by molar-refractivity contribution is 0.153. The summed E-state index contributed by atoms with van der Waals surface area (Å²) in [6, 6.07) is 0.400. The van der Waals surface area contributed by atoms with Crippen molar-refractivity contribution in [3.8, 4) is 0 Å². The van der Waals surface area contributed by atoms with Gasteiger partial charge in [-0.2, -0.15) is 0 Å². The molecule has 1 aromatic heterocycles. The predicted molar refractivity (Wildman–Crippen MR) is 83.8 cm³/mol. The van der Waals surface area contributed by atoms with Gasteiger partial charge in [0, 0.05) is 36.9 Å². The first-order valence-corrected chi connectivity index (χ1v) is 7.89. The van der Waals surface area contributed by atoms with Gasteiger partial charge >= 0.3 is 0 Å². The number of aliphatic hydroxyl groups is 1. The highest BCUT2D eigenvalue weighted by atomic mass is 16.3. The average Bonchev–Trinajstić information content (AvgIpc) is 2.82. The molecule has 0 bridgehead atoms. The molecule has 4 heteroatoms. The van der Waals surface area contributed by atoms with Gasteiger partial charge in [0.2, 0.25) is 0 Å². The van der Waals surface area contributed by atoms with E-state index in [9.17, 15) is 5.11 Å². The van der Waals surface area contributed by atoms with Crippen LogP contribution in [0.5, 0.6) is 0 Å². The summed E-state index contributed by atoms with van der Waals surface area (Å²) in [7, 11) is 0. The zero-order valence-corrected chi connectivity index (χ0v) is 13.5. The zero-order valence-electron chi connectivity index (χ0n) is 13.5. The van der Waals surface area contributed by atoms with Crippen LogP contribution in [0.4, 0.5) is 0 Å². The molecular weight excluding hydrogens is 250 g/mol. The molecule has 0 radical (unpaired) electrons. The lowest BCUT2D eigenvalue weighted by Gasteiger charge is -2.31. The Balaban J connectivity index is 2.34. The van der Waals surface area contributed by atoms with Gasteiger partial charge in [-0.25, -0.2) is 4.98 Å². The Bertz CT molecular complexity index is 376. The number of nitrogens with one attached hydrogen (secondary N) is 1. The molecule has 0 aliphatic carbocycles. The number of rotatable bonds is 10. The van der Waals surface area contributed by atoms with Crippen molar-refractivity contribution in [2.75, 3.05) is 6.61 Å². The number of nitrogens with zero attached hydrogens (tertiary/aromatic N) is 2. The molecule has 1 aromatic rings. The summed E-state index contributed by atoms with van der Waals surface area (Å²) in [6.07, 6.45) is 9.39. The Morgan fingerprint density at radius 1 is 1.40 bits per heavy atom. The highest BCUT2D eigenvalue weighted by Crippen LogP contribution is 2.15. The van der Waals surface area contributed by atoms with Crippen LogP contribution in [0.25, 0.3) is 0 Å². The molecule has 116 valence electrons. The van der Waals surface area contributed by atoms with Gasteiger partial charge in [0.1, 0.15) is 5.82 Å². The maximum Gasteiger partial charge on any atom is 0.108 e. The zero-order chi connectivity index (χ0) is 15.0. The van der Waals surface area contributed by atoms with Crippen molar-refractivity contribution in [3.05, 3.63) is 18.2 Å². The van der Waals surface area contributed by atoms with Crippen LogP contribution in [0.3, 0.4) is 0 Å². The topological polar surface area (TPSA) is 50.1 Å². The Labute approximate surface area is 123 Å². The number of hydrogen-bond donors (Lipinski definition) is 2. The van der Waals surface area contributed by atoms with E-state index < -0.39 is 0 Å². The second-order valence-electron chi connectivity index (χ2n) is 6.26. The molecule has 0 aliphatic heterocycles. The van der Waals surface area contributed by atoms with E-state index >= 15 is 0 Å². The summed E-state index contributed by atoms with van der Waals surface area (Å²) in [6.45, 7) is 9.75. The SMILES string of the molecule is CCCc1nccn1CCCCC(C)(CO)NC(C)C. The molecule has 0 aromatic carbocycles. The van der Waals surface area contributed by atoms with Crippen LogP contribution in [-0.4, -0.2) is 32.8 Å². The fourth-order valence-electron chi connectivity index (χ4n) is 2.69. The first kappa shape index (κ1) is 17.2. The number of aryl methyl sites for hydroxylation is 2. The van der Waals surface area contributed by atoms with Gasteiger partial charge < -0.3 is 15.0 Å². The van der Waals surface area contributed by atoms with Gasteiger partial charge in [-0.1, -0.05) is 20.8 Å². The molecule has 2 N–H and O–H groups in total. The minimum absolute atomic E-state index is 0.157. The van der Waals surface area contributed by atoms with Crippen LogP contribution in [0.15, 0.2) is 12.4 Å². The van der Waals surface area contributed by atoms with Crippen LogP contribution >= 0.6 is 0 Å². The van der Waals surface area contributed by atoms with Crippen LogP contribution in [0.2, 0.25) is 0 Å². The maximum absolute atomic E-state index is 9.55. The van der Waals surface area contributed by atoms with E-state index in [0.717, 1.165) is 38.6 Å². The van der Waals surface area contributed by atoms with Crippen molar-refractivity contribution in [1.29, 1.82) is 0 Å². The van der Waals surface area contributed by atoms with Crippen molar-refractivity contribution in [1.82, 2.24) is 14.9 Å². The fourth-order valence-corrected chi connectivity index (χ4v) is 2.69. The van der Waals surface area contributed by atoms with E-state index in [4.69, 9.17) is 0 Å². The summed E-state index contributed by atoms with van der Waals surface area (Å²) >= 11 is 0. The lowest BCUT2D eigenvalue weighted by atomic mass is 9.95. The fraction of sp³-hybridized carbons (Fsp3) is 0.812. The number of aromatic nitrogens is 2. The molecule has 0 spiro atoms. The molecular formula is C16H31N3O. The number of aliphatic hydroxyl groups excluding tert-OH is 1. The second kappa shape index (κ2) is 8.42. The Hall–Kier alpha value is -0.870. The van der Waals surface area contributed by atoms with Crippen molar-refractivity contribution in [2.24, 2.45) is 0 Å². The standard InChI is InChI=1S/C16H31N3O/c1-5-8-15-17-10-12-19(15)11-7-6-9-16(4,13-20)18-14(2)3/h10,12,14,18,20H,5-9,11,13H2,1-4H3. The normalized spacial score (nSPS) is 14.7. The third-order valence-electron chi connectivity index (χ3n) is 3.64. The molecule has 1 rings (SSSR count). The molecule has 1 atom stereocenters. The van der Waals surface area contributed by atoms with Gasteiger partial charge in [-0.05, 0) is 32.6 Å². The van der Waals surface area contributed by atoms with Crippen molar-refractivity contribution in [2.45, 2.75) is 77.9 Å². The Morgan fingerprint density at radius 3 is 2.75 bits per heavy atom. The molecule has 0 aliphatic rings. The first-order valence-electron chi connectivity index (χ1n) is 7.89. The van der Waals surface area contributed by atoms with Crippen LogP contribution in [-0.2, 0) is 13.0 Å². The summed E-state index contributed by atoms with van der Waals surface area (Å²) < 4.78 is 2.26. The Kier molecular flexibility index (Phi) is 7.24. The smallest absolute Gasteiger partial charge is 0.108 e. The third-order valence-corrected chi connectivity index (χ3v) is 3.64. The number of unbranched alkanes of at least 4 members (excludes halogenated alkanes) is 1. The molecule has 0 saturated carbocycles. The van der Waals surface area contributed by atoms with Gasteiger partial charge in [0.15, 0.2) is 0 Å². The summed E-state index contributed by atoms with van der Waals surface area (Å²) in [5, 5.41) is 13.0. The molecule has 0 amide bonds. The largest absolute Gasteiger partial charge is 0.394 e. The maximum atomic E-state index is 9.55. The predicted octanol–water partition coefficient (Wildman–Crippen LogP) is 2.75. The van der Waals surface area contributed by atoms with Crippen molar-refractivity contribution in [3.63, 3.8) is 0 Å².